The Morgan fingerprint density at radius 1 is 0.634 bits per heavy atom. The van der Waals surface area contributed by atoms with Gasteiger partial charge in [-0.05, 0) is 39.8 Å². The molecule has 0 aromatic heterocycles. The number of carbonyl (C=O) groups is 3. The Morgan fingerprint density at radius 2 is 1.15 bits per heavy atom. The lowest BCUT2D eigenvalue weighted by molar-refractivity contribution is -0.149. The van der Waals surface area contributed by atoms with E-state index in [4.69, 9.17) is 14.2 Å². The number of alkyl carbamates (subject to hydrolysis) is 1. The molecule has 41 heavy (non-hydrogen) atoms. The second-order valence-corrected chi connectivity index (χ2v) is 9.80. The number of hydrogen-bond donors (Lipinski definition) is 1. The van der Waals surface area contributed by atoms with Crippen LogP contribution < -0.4 is 5.32 Å². The van der Waals surface area contributed by atoms with E-state index in [-0.39, 0.29) is 38.6 Å². The van der Waals surface area contributed by atoms with Gasteiger partial charge in [-0.1, -0.05) is 109 Å². The molecule has 0 fully saturated rings. The zero-order chi connectivity index (χ0) is 28.4. The second kappa shape index (κ2) is 13.4. The molecule has 0 bridgehead atoms. The first-order chi connectivity index (χ1) is 20.1. The van der Waals surface area contributed by atoms with Crippen LogP contribution >= 0.6 is 0 Å². The Labute approximate surface area is 239 Å². The molecular formula is C34H31NO6. The summed E-state index contributed by atoms with van der Waals surface area (Å²) in [5, 5.41) is 2.61. The fourth-order valence-corrected chi connectivity index (χ4v) is 4.93. The van der Waals surface area contributed by atoms with E-state index in [1.54, 1.807) is 0 Å². The van der Waals surface area contributed by atoms with Crippen molar-refractivity contribution in [3.8, 4) is 11.1 Å². The Hall–Kier alpha value is -4.91. The average Bonchev–Trinajstić information content (AvgIpc) is 3.34. The van der Waals surface area contributed by atoms with Gasteiger partial charge in [-0.25, -0.2) is 9.59 Å². The van der Waals surface area contributed by atoms with Crippen molar-refractivity contribution < 1.29 is 28.6 Å². The standard InChI is InChI=1S/C34H31NO6/c36-32(39-21-24-11-3-1-4-12-24)20-19-31(33(37)40-22-25-13-5-2-6-14-25)35-34(38)41-23-30-28-17-9-7-15-26(28)27-16-8-10-18-29(27)30/h1-18,30-31H,19-23H2,(H,35,38)/t31-/m0/s1. The third-order valence-electron chi connectivity index (χ3n) is 7.02. The van der Waals surface area contributed by atoms with Gasteiger partial charge in [0, 0.05) is 12.3 Å². The molecular weight excluding hydrogens is 518 g/mol. The summed E-state index contributed by atoms with van der Waals surface area (Å²) in [6.45, 7) is 0.272. The molecule has 0 saturated carbocycles. The molecule has 4 aromatic carbocycles. The first-order valence-corrected chi connectivity index (χ1v) is 13.6. The predicted octanol–water partition coefficient (Wildman–Crippen LogP) is 6.16. The van der Waals surface area contributed by atoms with E-state index in [1.807, 2.05) is 97.1 Å². The van der Waals surface area contributed by atoms with Gasteiger partial charge in [0.15, 0.2) is 0 Å². The molecule has 1 atom stereocenters. The van der Waals surface area contributed by atoms with Crippen molar-refractivity contribution in [2.75, 3.05) is 6.61 Å². The van der Waals surface area contributed by atoms with Crippen LogP contribution in [0.4, 0.5) is 4.79 Å². The molecule has 7 nitrogen and oxygen atoms in total. The number of benzene rings is 4. The normalized spacial score (nSPS) is 12.5. The van der Waals surface area contributed by atoms with Crippen LogP contribution in [0.1, 0.15) is 41.0 Å². The van der Waals surface area contributed by atoms with E-state index >= 15 is 0 Å². The molecule has 0 unspecified atom stereocenters. The first kappa shape index (κ1) is 27.6. The third-order valence-corrected chi connectivity index (χ3v) is 7.02. The zero-order valence-corrected chi connectivity index (χ0v) is 22.5. The SMILES string of the molecule is O=C(CC[C@H](NC(=O)OCC1c2ccccc2-c2ccccc21)C(=O)OCc1ccccc1)OCc1ccccc1. The molecule has 0 radical (unpaired) electrons. The summed E-state index contributed by atoms with van der Waals surface area (Å²) < 4.78 is 16.4. The fourth-order valence-electron chi connectivity index (χ4n) is 4.93. The van der Waals surface area contributed by atoms with Gasteiger partial charge in [0.2, 0.25) is 0 Å². The smallest absolute Gasteiger partial charge is 0.407 e. The summed E-state index contributed by atoms with van der Waals surface area (Å²) >= 11 is 0. The summed E-state index contributed by atoms with van der Waals surface area (Å²) in [6.07, 6.45) is -0.835. The minimum absolute atomic E-state index is 0.00540. The number of nitrogens with one attached hydrogen (secondary N) is 1. The van der Waals surface area contributed by atoms with Gasteiger partial charge in [0.25, 0.3) is 0 Å². The Kier molecular flexibility index (Phi) is 9.06. The van der Waals surface area contributed by atoms with Crippen LogP contribution in [0.15, 0.2) is 109 Å². The summed E-state index contributed by atoms with van der Waals surface area (Å²) in [4.78, 5) is 38.3. The molecule has 4 aromatic rings. The monoisotopic (exact) mass is 549 g/mol. The summed E-state index contributed by atoms with van der Waals surface area (Å²) in [6, 6.07) is 33.6. The molecule has 1 N–H and O–H groups in total. The number of carbonyl (C=O) groups excluding carboxylic acids is 3. The third kappa shape index (κ3) is 7.19. The number of hydrogen-bond acceptors (Lipinski definition) is 6. The highest BCUT2D eigenvalue weighted by molar-refractivity contribution is 5.82. The quantitative estimate of drug-likeness (QED) is 0.178. The van der Waals surface area contributed by atoms with E-state index < -0.39 is 24.1 Å². The largest absolute Gasteiger partial charge is 0.461 e. The molecule has 208 valence electrons. The topological polar surface area (TPSA) is 90.9 Å². The van der Waals surface area contributed by atoms with Crippen LogP contribution in [-0.4, -0.2) is 30.7 Å². The molecule has 1 amide bonds. The molecule has 0 heterocycles. The number of fused-ring (bicyclic) bond motifs is 3. The number of ether oxygens (including phenoxy) is 3. The van der Waals surface area contributed by atoms with Crippen molar-refractivity contribution in [1.82, 2.24) is 5.32 Å². The van der Waals surface area contributed by atoms with Crippen LogP contribution in [-0.2, 0) is 37.0 Å². The van der Waals surface area contributed by atoms with Crippen LogP contribution in [0.3, 0.4) is 0 Å². The van der Waals surface area contributed by atoms with Gasteiger partial charge in [0.1, 0.15) is 25.9 Å². The highest BCUT2D eigenvalue weighted by Gasteiger charge is 2.30. The lowest BCUT2D eigenvalue weighted by Crippen LogP contribution is -2.42. The second-order valence-electron chi connectivity index (χ2n) is 9.80. The van der Waals surface area contributed by atoms with Crippen molar-refractivity contribution in [3.05, 3.63) is 131 Å². The van der Waals surface area contributed by atoms with Crippen molar-refractivity contribution in [2.24, 2.45) is 0 Å². The van der Waals surface area contributed by atoms with Crippen LogP contribution in [0.2, 0.25) is 0 Å². The molecule has 0 saturated heterocycles. The maximum Gasteiger partial charge on any atom is 0.407 e. The van der Waals surface area contributed by atoms with Crippen molar-refractivity contribution in [1.29, 1.82) is 0 Å². The van der Waals surface area contributed by atoms with Crippen LogP contribution in [0, 0.1) is 0 Å². The lowest BCUT2D eigenvalue weighted by Gasteiger charge is -2.19. The fraction of sp³-hybridized carbons (Fsp3) is 0.206. The van der Waals surface area contributed by atoms with Crippen molar-refractivity contribution >= 4 is 18.0 Å². The first-order valence-electron chi connectivity index (χ1n) is 13.6. The highest BCUT2D eigenvalue weighted by atomic mass is 16.6. The maximum atomic E-state index is 13.0. The van der Waals surface area contributed by atoms with Crippen LogP contribution in [0.5, 0.6) is 0 Å². The minimum atomic E-state index is -1.08. The van der Waals surface area contributed by atoms with E-state index in [1.165, 1.54) is 0 Å². The summed E-state index contributed by atoms with van der Waals surface area (Å²) in [7, 11) is 0. The molecule has 5 rings (SSSR count). The Bertz CT molecular complexity index is 1440. The lowest BCUT2D eigenvalue weighted by atomic mass is 9.98. The van der Waals surface area contributed by atoms with Crippen molar-refractivity contribution in [2.45, 2.75) is 38.0 Å². The Morgan fingerprint density at radius 3 is 1.73 bits per heavy atom. The summed E-state index contributed by atoms with van der Waals surface area (Å²) in [5.74, 6) is -1.26. The van der Waals surface area contributed by atoms with Gasteiger partial charge in [-0.2, -0.15) is 0 Å². The van der Waals surface area contributed by atoms with Gasteiger partial charge >= 0.3 is 18.0 Å². The van der Waals surface area contributed by atoms with Crippen LogP contribution in [0.25, 0.3) is 11.1 Å². The van der Waals surface area contributed by atoms with Gasteiger partial charge in [0.05, 0.1) is 0 Å². The molecule has 1 aliphatic carbocycles. The molecule has 0 aliphatic heterocycles. The molecule has 1 aliphatic rings. The molecule has 0 spiro atoms. The number of rotatable bonds is 11. The zero-order valence-electron chi connectivity index (χ0n) is 22.5. The van der Waals surface area contributed by atoms with Gasteiger partial charge in [-0.3, -0.25) is 4.79 Å². The number of amides is 1. The number of esters is 2. The predicted molar refractivity (Wildman–Crippen MR) is 154 cm³/mol. The van der Waals surface area contributed by atoms with Gasteiger partial charge in [-0.15, -0.1) is 0 Å². The van der Waals surface area contributed by atoms with Gasteiger partial charge < -0.3 is 19.5 Å². The minimum Gasteiger partial charge on any atom is -0.461 e. The van der Waals surface area contributed by atoms with E-state index in [0.29, 0.717) is 0 Å². The maximum absolute atomic E-state index is 13.0. The average molecular weight is 550 g/mol. The Balaban J connectivity index is 1.20. The highest BCUT2D eigenvalue weighted by Crippen LogP contribution is 2.44. The molecule has 7 heteroatoms. The summed E-state index contributed by atoms with van der Waals surface area (Å²) in [5.41, 5.74) is 6.07. The van der Waals surface area contributed by atoms with E-state index in [0.717, 1.165) is 33.4 Å². The van der Waals surface area contributed by atoms with E-state index in [9.17, 15) is 14.4 Å². The van der Waals surface area contributed by atoms with E-state index in [2.05, 4.69) is 17.4 Å². The van der Waals surface area contributed by atoms with Crippen molar-refractivity contribution in [3.63, 3.8) is 0 Å².